The minimum absolute atomic E-state index is 0.323. The number of pyridine rings is 1. The van der Waals surface area contributed by atoms with Crippen LogP contribution in [-0.2, 0) is 17.8 Å². The first-order chi connectivity index (χ1) is 18.7. The van der Waals surface area contributed by atoms with Crippen LogP contribution in [-0.4, -0.2) is 17.7 Å². The number of nitrogens with zero attached hydrogens (tertiary/aromatic N) is 1. The SMILES string of the molecule is CC1C=CC=C(COC(=O)NCc2ccccc2-c2ccccc2C(NCc2ccccn2)=C2CCC2)C1. The highest BCUT2D eigenvalue weighted by Crippen LogP contribution is 2.37. The number of hydrogen-bond donors (Lipinski definition) is 2. The third kappa shape index (κ3) is 6.41. The first kappa shape index (κ1) is 25.5. The first-order valence-electron chi connectivity index (χ1n) is 13.5. The molecule has 1 saturated carbocycles. The van der Waals surface area contributed by atoms with Gasteiger partial charge in [-0.15, -0.1) is 0 Å². The van der Waals surface area contributed by atoms with E-state index in [4.69, 9.17) is 4.74 Å². The summed E-state index contributed by atoms with van der Waals surface area (Å²) in [6, 6.07) is 22.8. The van der Waals surface area contributed by atoms with E-state index in [1.165, 1.54) is 23.3 Å². The van der Waals surface area contributed by atoms with Gasteiger partial charge >= 0.3 is 6.09 Å². The molecule has 2 aliphatic rings. The molecule has 38 heavy (non-hydrogen) atoms. The molecule has 2 aromatic carbocycles. The van der Waals surface area contributed by atoms with Crippen molar-refractivity contribution in [2.75, 3.05) is 6.61 Å². The van der Waals surface area contributed by atoms with Crippen molar-refractivity contribution in [2.24, 2.45) is 5.92 Å². The van der Waals surface area contributed by atoms with Gasteiger partial charge in [0.05, 0.1) is 12.2 Å². The van der Waals surface area contributed by atoms with Gasteiger partial charge in [-0.1, -0.05) is 79.7 Å². The standard InChI is InChI=1S/C33H35N3O2/c1-24-10-8-11-25(20-24)23-38-33(37)36-21-27-12-2-3-16-29(27)30-17-4-5-18-31(30)32(26-13-9-14-26)35-22-28-15-6-7-19-34-28/h2-8,10-12,15-19,24,35H,9,13-14,20-23H2,1H3,(H,36,37). The number of allylic oxidation sites excluding steroid dienone is 4. The molecule has 1 fully saturated rings. The average Bonchev–Trinajstić information content (AvgIpc) is 2.93. The Morgan fingerprint density at radius 2 is 1.74 bits per heavy atom. The number of rotatable bonds is 9. The zero-order valence-electron chi connectivity index (χ0n) is 22.0. The fourth-order valence-corrected chi connectivity index (χ4v) is 4.98. The number of hydrogen-bond acceptors (Lipinski definition) is 4. The molecule has 2 aliphatic carbocycles. The quantitative estimate of drug-likeness (QED) is 0.323. The number of ether oxygens (including phenoxy) is 1. The van der Waals surface area contributed by atoms with Crippen molar-refractivity contribution in [3.8, 4) is 11.1 Å². The van der Waals surface area contributed by atoms with Crippen molar-refractivity contribution in [2.45, 2.75) is 45.7 Å². The maximum absolute atomic E-state index is 12.5. The molecule has 1 aromatic heterocycles. The van der Waals surface area contributed by atoms with Crippen LogP contribution in [0.2, 0.25) is 0 Å². The molecule has 5 nitrogen and oxygen atoms in total. The van der Waals surface area contributed by atoms with Crippen LogP contribution in [0.4, 0.5) is 4.79 Å². The largest absolute Gasteiger partial charge is 0.445 e. The normalized spacial score (nSPS) is 16.3. The first-order valence-corrected chi connectivity index (χ1v) is 13.5. The van der Waals surface area contributed by atoms with E-state index in [1.807, 2.05) is 42.6 Å². The van der Waals surface area contributed by atoms with Crippen LogP contribution >= 0.6 is 0 Å². The molecule has 1 atom stereocenters. The summed E-state index contributed by atoms with van der Waals surface area (Å²) >= 11 is 0. The van der Waals surface area contributed by atoms with Crippen molar-refractivity contribution in [3.05, 3.63) is 119 Å². The highest BCUT2D eigenvalue weighted by Gasteiger charge is 2.20. The molecular formula is C33H35N3O2. The third-order valence-corrected chi connectivity index (χ3v) is 7.15. The van der Waals surface area contributed by atoms with Crippen molar-refractivity contribution in [3.63, 3.8) is 0 Å². The van der Waals surface area contributed by atoms with Gasteiger partial charge in [-0.3, -0.25) is 4.98 Å². The molecule has 2 N–H and O–H groups in total. The molecule has 0 aliphatic heterocycles. The molecule has 3 aromatic rings. The second kappa shape index (κ2) is 12.4. The van der Waals surface area contributed by atoms with Crippen LogP contribution < -0.4 is 10.6 Å². The zero-order valence-corrected chi connectivity index (χ0v) is 22.0. The Kier molecular flexibility index (Phi) is 8.34. The van der Waals surface area contributed by atoms with E-state index in [1.54, 1.807) is 0 Å². The lowest BCUT2D eigenvalue weighted by molar-refractivity contribution is 0.154. The predicted molar refractivity (Wildman–Crippen MR) is 153 cm³/mol. The molecule has 1 unspecified atom stereocenters. The van der Waals surface area contributed by atoms with Crippen LogP contribution in [0.25, 0.3) is 16.8 Å². The van der Waals surface area contributed by atoms with Gasteiger partial charge in [0, 0.05) is 24.0 Å². The number of carbonyl (C=O) groups excluding carboxylic acids is 1. The Balaban J connectivity index is 1.32. The van der Waals surface area contributed by atoms with Crippen molar-refractivity contribution in [1.82, 2.24) is 15.6 Å². The van der Waals surface area contributed by atoms with Gasteiger partial charge in [0.1, 0.15) is 6.61 Å². The molecule has 0 saturated heterocycles. The summed E-state index contributed by atoms with van der Waals surface area (Å²) in [6.07, 6.45) is 12.0. The van der Waals surface area contributed by atoms with Crippen LogP contribution in [0.5, 0.6) is 0 Å². The molecule has 0 radical (unpaired) electrons. The number of nitrogens with one attached hydrogen (secondary N) is 2. The van der Waals surface area contributed by atoms with E-state index in [0.717, 1.165) is 47.2 Å². The summed E-state index contributed by atoms with van der Waals surface area (Å²) in [7, 11) is 0. The number of amides is 1. The smallest absolute Gasteiger partial charge is 0.407 e. The summed E-state index contributed by atoms with van der Waals surface area (Å²) in [5, 5.41) is 6.66. The molecule has 5 heteroatoms. The number of aromatic nitrogens is 1. The van der Waals surface area contributed by atoms with Gasteiger partial charge in [-0.05, 0) is 71.6 Å². The molecule has 194 valence electrons. The maximum atomic E-state index is 12.5. The fourth-order valence-electron chi connectivity index (χ4n) is 4.98. The summed E-state index contributed by atoms with van der Waals surface area (Å²) < 4.78 is 5.51. The lowest BCUT2D eigenvalue weighted by atomic mass is 9.85. The van der Waals surface area contributed by atoms with E-state index < -0.39 is 6.09 Å². The second-order valence-electron chi connectivity index (χ2n) is 10.0. The second-order valence-corrected chi connectivity index (χ2v) is 10.0. The monoisotopic (exact) mass is 505 g/mol. The van der Waals surface area contributed by atoms with E-state index in [0.29, 0.717) is 25.6 Å². The van der Waals surface area contributed by atoms with Gasteiger partial charge in [0.2, 0.25) is 0 Å². The Labute approximate surface area is 225 Å². The maximum Gasteiger partial charge on any atom is 0.407 e. The molecule has 5 rings (SSSR count). The van der Waals surface area contributed by atoms with Crippen molar-refractivity contribution < 1.29 is 9.53 Å². The summed E-state index contributed by atoms with van der Waals surface area (Å²) in [6.45, 7) is 3.56. The molecular weight excluding hydrogens is 470 g/mol. The van der Waals surface area contributed by atoms with E-state index >= 15 is 0 Å². The fraction of sp³-hybridized carbons (Fsp3) is 0.273. The highest BCUT2D eigenvalue weighted by atomic mass is 16.5. The van der Waals surface area contributed by atoms with Crippen LogP contribution in [0.3, 0.4) is 0 Å². The average molecular weight is 506 g/mol. The Hall–Kier alpha value is -4.12. The Morgan fingerprint density at radius 3 is 2.50 bits per heavy atom. The Bertz CT molecular complexity index is 1350. The van der Waals surface area contributed by atoms with Gasteiger partial charge in [-0.25, -0.2) is 4.79 Å². The zero-order chi connectivity index (χ0) is 26.2. The van der Waals surface area contributed by atoms with Crippen LogP contribution in [0.15, 0.2) is 102 Å². The lowest BCUT2D eigenvalue weighted by Crippen LogP contribution is -2.25. The van der Waals surface area contributed by atoms with Crippen molar-refractivity contribution >= 4 is 11.8 Å². The highest BCUT2D eigenvalue weighted by molar-refractivity contribution is 5.83. The number of alkyl carbamates (subject to hydrolysis) is 1. The molecule has 1 heterocycles. The minimum Gasteiger partial charge on any atom is -0.445 e. The van der Waals surface area contributed by atoms with E-state index in [-0.39, 0.29) is 0 Å². The predicted octanol–water partition coefficient (Wildman–Crippen LogP) is 7.18. The van der Waals surface area contributed by atoms with Crippen molar-refractivity contribution in [1.29, 1.82) is 0 Å². The van der Waals surface area contributed by atoms with Gasteiger partial charge in [-0.2, -0.15) is 0 Å². The molecule has 0 spiro atoms. The summed E-state index contributed by atoms with van der Waals surface area (Å²) in [5.74, 6) is 0.479. The van der Waals surface area contributed by atoms with Gasteiger partial charge < -0.3 is 15.4 Å². The third-order valence-electron chi connectivity index (χ3n) is 7.15. The van der Waals surface area contributed by atoms with Crippen LogP contribution in [0.1, 0.15) is 49.4 Å². The summed E-state index contributed by atoms with van der Waals surface area (Å²) in [5.41, 5.74) is 9.29. The lowest BCUT2D eigenvalue weighted by Gasteiger charge is -2.25. The Morgan fingerprint density at radius 1 is 0.947 bits per heavy atom. The topological polar surface area (TPSA) is 63.2 Å². The van der Waals surface area contributed by atoms with Gasteiger partial charge in [0.15, 0.2) is 0 Å². The van der Waals surface area contributed by atoms with Gasteiger partial charge in [0.25, 0.3) is 0 Å². The molecule has 0 bridgehead atoms. The van der Waals surface area contributed by atoms with E-state index in [2.05, 4.69) is 71.1 Å². The number of carbonyl (C=O) groups is 1. The van der Waals surface area contributed by atoms with Crippen LogP contribution in [0, 0.1) is 5.92 Å². The minimum atomic E-state index is -0.398. The van der Waals surface area contributed by atoms with E-state index in [9.17, 15) is 4.79 Å². The molecule has 1 amide bonds. The summed E-state index contributed by atoms with van der Waals surface area (Å²) in [4.78, 5) is 17.0. The number of benzene rings is 2.